The van der Waals surface area contributed by atoms with Crippen molar-refractivity contribution in [3.8, 4) is 11.3 Å². The Morgan fingerprint density at radius 3 is 2.56 bits per heavy atom. The third kappa shape index (κ3) is 3.53. The minimum absolute atomic E-state index is 0.00177. The third-order valence-corrected chi connectivity index (χ3v) is 8.16. The number of hydrogen-bond donors (Lipinski definition) is 1. The Kier molecular flexibility index (Phi) is 5.31. The van der Waals surface area contributed by atoms with Crippen LogP contribution in [0.4, 0.5) is 11.4 Å². The fourth-order valence-corrected chi connectivity index (χ4v) is 6.29. The van der Waals surface area contributed by atoms with Crippen molar-refractivity contribution in [1.82, 2.24) is 10.1 Å². The summed E-state index contributed by atoms with van der Waals surface area (Å²) in [6, 6.07) is 14.3. The summed E-state index contributed by atoms with van der Waals surface area (Å²) < 4.78 is 11.5. The van der Waals surface area contributed by atoms with Crippen molar-refractivity contribution in [2.24, 2.45) is 0 Å². The minimum atomic E-state index is 0.00177. The molecule has 1 aliphatic heterocycles. The van der Waals surface area contributed by atoms with Crippen LogP contribution in [0.15, 0.2) is 57.7 Å². The Morgan fingerprint density at radius 1 is 0.972 bits per heavy atom. The molecule has 0 radical (unpaired) electrons. The van der Waals surface area contributed by atoms with Crippen molar-refractivity contribution in [3.63, 3.8) is 0 Å². The summed E-state index contributed by atoms with van der Waals surface area (Å²) in [5.74, 6) is 1.50. The highest BCUT2D eigenvalue weighted by Crippen LogP contribution is 2.46. The first-order valence-electron chi connectivity index (χ1n) is 13.1. The van der Waals surface area contributed by atoms with Crippen LogP contribution >= 0.6 is 0 Å². The van der Waals surface area contributed by atoms with Gasteiger partial charge >= 0.3 is 0 Å². The number of carbonyl (C=O) groups excluding carboxylic acids is 1. The number of hydrogen-bond acceptors (Lipinski definition) is 7. The van der Waals surface area contributed by atoms with Crippen LogP contribution in [0.1, 0.15) is 53.8 Å². The maximum atomic E-state index is 13.7. The van der Waals surface area contributed by atoms with Gasteiger partial charge in [0.1, 0.15) is 11.3 Å². The van der Waals surface area contributed by atoms with E-state index in [0.29, 0.717) is 23.4 Å². The number of piperazine rings is 1. The number of furan rings is 1. The molecular formula is C29H30N4O3. The first-order valence-corrected chi connectivity index (χ1v) is 13.1. The van der Waals surface area contributed by atoms with E-state index in [0.717, 1.165) is 65.8 Å². The lowest BCUT2D eigenvalue weighted by Crippen LogP contribution is -2.51. The maximum Gasteiger partial charge on any atom is 0.196 e. The third-order valence-electron chi connectivity index (χ3n) is 8.16. The summed E-state index contributed by atoms with van der Waals surface area (Å²) in [5.41, 5.74) is 4.70. The Labute approximate surface area is 210 Å². The highest BCUT2D eigenvalue weighted by Gasteiger charge is 2.34. The second-order valence-corrected chi connectivity index (χ2v) is 10.2. The zero-order chi connectivity index (χ0) is 24.1. The highest BCUT2D eigenvalue weighted by atomic mass is 16.5. The van der Waals surface area contributed by atoms with Gasteiger partial charge in [-0.05, 0) is 31.0 Å². The summed E-state index contributed by atoms with van der Waals surface area (Å²) in [6.07, 6.45) is 8.41. The van der Waals surface area contributed by atoms with Crippen molar-refractivity contribution in [3.05, 3.63) is 65.6 Å². The summed E-state index contributed by atoms with van der Waals surface area (Å²) in [4.78, 5) is 18.8. The second kappa shape index (κ2) is 8.82. The van der Waals surface area contributed by atoms with Gasteiger partial charge in [-0.3, -0.25) is 9.69 Å². The summed E-state index contributed by atoms with van der Waals surface area (Å²) in [7, 11) is 0. The molecule has 3 aliphatic rings. The number of benzene rings is 2. The molecule has 7 nitrogen and oxygen atoms in total. The highest BCUT2D eigenvalue weighted by molar-refractivity contribution is 6.28. The molecule has 3 heterocycles. The van der Waals surface area contributed by atoms with Crippen molar-refractivity contribution >= 4 is 28.1 Å². The molecule has 1 N–H and O–H groups in total. The van der Waals surface area contributed by atoms with E-state index in [-0.39, 0.29) is 5.78 Å². The molecule has 36 heavy (non-hydrogen) atoms. The average Bonchev–Trinajstić information content (AvgIpc) is 3.62. The molecule has 2 aromatic heterocycles. The smallest absolute Gasteiger partial charge is 0.196 e. The Morgan fingerprint density at radius 2 is 1.78 bits per heavy atom. The second-order valence-electron chi connectivity index (χ2n) is 10.2. The van der Waals surface area contributed by atoms with Gasteiger partial charge in [-0.15, -0.1) is 0 Å². The first kappa shape index (κ1) is 21.7. The van der Waals surface area contributed by atoms with Gasteiger partial charge in [0.25, 0.3) is 0 Å². The van der Waals surface area contributed by atoms with Gasteiger partial charge in [0.15, 0.2) is 11.5 Å². The van der Waals surface area contributed by atoms with Crippen molar-refractivity contribution in [2.75, 3.05) is 36.4 Å². The van der Waals surface area contributed by atoms with Gasteiger partial charge in [0.05, 0.1) is 29.4 Å². The molecule has 0 bridgehead atoms. The summed E-state index contributed by atoms with van der Waals surface area (Å²) in [6.45, 7) is 4.48. The summed E-state index contributed by atoms with van der Waals surface area (Å²) >= 11 is 0. The van der Waals surface area contributed by atoms with Gasteiger partial charge < -0.3 is 19.2 Å². The topological polar surface area (TPSA) is 74.8 Å². The van der Waals surface area contributed by atoms with E-state index in [4.69, 9.17) is 8.94 Å². The van der Waals surface area contributed by atoms with Crippen LogP contribution in [0.25, 0.3) is 22.2 Å². The molecule has 1 saturated carbocycles. The zero-order valence-electron chi connectivity index (χ0n) is 20.3. The number of carbonyl (C=O) groups is 1. The SMILES string of the molecule is O=C1c2ccccc2-c2onc3c(N4CCN(C5CCCCC5)CC4)cc(NCc4ccco4)c1c23. The molecule has 7 rings (SSSR count). The van der Waals surface area contributed by atoms with Crippen LogP contribution in [-0.4, -0.2) is 48.1 Å². The lowest BCUT2D eigenvalue weighted by Gasteiger charge is -2.41. The Hall–Kier alpha value is -3.58. The predicted molar refractivity (Wildman–Crippen MR) is 140 cm³/mol. The Balaban J connectivity index is 1.28. The monoisotopic (exact) mass is 482 g/mol. The molecular weight excluding hydrogens is 452 g/mol. The van der Waals surface area contributed by atoms with E-state index < -0.39 is 0 Å². The van der Waals surface area contributed by atoms with Crippen LogP contribution in [0, 0.1) is 0 Å². The van der Waals surface area contributed by atoms with E-state index in [1.54, 1.807) is 6.26 Å². The van der Waals surface area contributed by atoms with Crippen LogP contribution in [0.3, 0.4) is 0 Å². The first-order chi connectivity index (χ1) is 17.8. The largest absolute Gasteiger partial charge is 0.467 e. The molecule has 2 aliphatic carbocycles. The van der Waals surface area contributed by atoms with Crippen molar-refractivity contribution in [1.29, 1.82) is 0 Å². The normalized spacial score (nSPS) is 18.6. The zero-order valence-corrected chi connectivity index (χ0v) is 20.3. The van der Waals surface area contributed by atoms with Crippen LogP contribution < -0.4 is 10.2 Å². The van der Waals surface area contributed by atoms with Gasteiger partial charge in [-0.2, -0.15) is 0 Å². The molecule has 0 spiro atoms. The molecule has 2 aromatic carbocycles. The van der Waals surface area contributed by atoms with E-state index in [1.165, 1.54) is 32.1 Å². The molecule has 184 valence electrons. The van der Waals surface area contributed by atoms with Crippen molar-refractivity contribution < 1.29 is 13.7 Å². The van der Waals surface area contributed by atoms with Crippen LogP contribution in [0.2, 0.25) is 0 Å². The number of aromatic nitrogens is 1. The molecule has 0 unspecified atom stereocenters. The lowest BCUT2D eigenvalue weighted by molar-refractivity contribution is 0.104. The fourth-order valence-electron chi connectivity index (χ4n) is 6.29. The lowest BCUT2D eigenvalue weighted by atomic mass is 9.86. The molecule has 0 amide bonds. The van der Waals surface area contributed by atoms with Gasteiger partial charge in [-0.1, -0.05) is 48.7 Å². The van der Waals surface area contributed by atoms with Gasteiger partial charge in [-0.25, -0.2) is 0 Å². The number of nitrogens with zero attached hydrogens (tertiary/aromatic N) is 3. The van der Waals surface area contributed by atoms with Crippen LogP contribution in [0.5, 0.6) is 0 Å². The molecule has 0 atom stereocenters. The molecule has 1 saturated heterocycles. The molecule has 7 heteroatoms. The standard InChI is InChI=1S/C29H30N4O3/c34-28-21-10-4-5-11-22(21)29-26-25(28)23(30-18-20-9-6-16-35-20)17-24(27(26)31-36-29)33-14-12-32(13-15-33)19-7-2-1-3-8-19/h4-6,9-11,16-17,19,30H,1-3,7-8,12-15,18H2. The fraction of sp³-hybridized carbons (Fsp3) is 0.379. The van der Waals surface area contributed by atoms with E-state index in [9.17, 15) is 4.79 Å². The molecule has 4 aromatic rings. The Bertz CT molecular complexity index is 1410. The van der Waals surface area contributed by atoms with Crippen molar-refractivity contribution in [2.45, 2.75) is 44.7 Å². The van der Waals surface area contributed by atoms with E-state index in [2.05, 4.69) is 26.3 Å². The van der Waals surface area contributed by atoms with Gasteiger partial charge in [0, 0.05) is 49.0 Å². The number of fused-ring (bicyclic) bond motifs is 2. The van der Waals surface area contributed by atoms with E-state index in [1.807, 2.05) is 36.4 Å². The summed E-state index contributed by atoms with van der Waals surface area (Å²) in [5, 5.41) is 8.83. The predicted octanol–water partition coefficient (Wildman–Crippen LogP) is 5.70. The van der Waals surface area contributed by atoms with E-state index >= 15 is 0 Å². The average molecular weight is 483 g/mol. The number of nitrogens with one attached hydrogen (secondary N) is 1. The quantitative estimate of drug-likeness (QED) is 0.344. The van der Waals surface area contributed by atoms with Gasteiger partial charge in [0.2, 0.25) is 0 Å². The minimum Gasteiger partial charge on any atom is -0.467 e. The number of anilines is 2. The number of ketones is 1. The maximum absolute atomic E-state index is 13.7. The molecule has 2 fully saturated rings. The van der Waals surface area contributed by atoms with Crippen LogP contribution in [-0.2, 0) is 6.54 Å². The number of rotatable bonds is 5.